The number of carbonyl (C=O) groups excluding carboxylic acids is 2. The molecule has 1 saturated heterocycles. The number of aryl methyl sites for hydroxylation is 1. The summed E-state index contributed by atoms with van der Waals surface area (Å²) >= 11 is 0. The molecule has 1 spiro atoms. The Bertz CT molecular complexity index is 997. The molecule has 2 fully saturated rings. The Kier molecular flexibility index (Phi) is 6.67. The second-order valence-electron chi connectivity index (χ2n) is 8.08. The van der Waals surface area contributed by atoms with E-state index in [2.05, 4.69) is 10.4 Å². The van der Waals surface area contributed by atoms with Gasteiger partial charge in [-0.15, -0.1) is 0 Å². The average Bonchev–Trinajstić information content (AvgIpc) is 3.02. The summed E-state index contributed by atoms with van der Waals surface area (Å²) in [6.45, 7) is 7.79. The number of hydrogen-bond acceptors (Lipinski definition) is 4. The van der Waals surface area contributed by atoms with Gasteiger partial charge in [0.2, 0.25) is 0 Å². The Morgan fingerprint density at radius 2 is 2.00 bits per heavy atom. The number of benzene rings is 1. The number of halogens is 1. The highest BCUT2D eigenvalue weighted by Gasteiger charge is 2.52. The normalized spacial score (nSPS) is 16.7. The van der Waals surface area contributed by atoms with E-state index in [0.29, 0.717) is 61.6 Å². The lowest BCUT2D eigenvalue weighted by molar-refractivity contribution is -0.134. The van der Waals surface area contributed by atoms with Crippen LogP contribution in [-0.2, 0) is 11.8 Å². The van der Waals surface area contributed by atoms with Crippen molar-refractivity contribution in [1.82, 2.24) is 15.1 Å². The van der Waals surface area contributed by atoms with E-state index in [-0.39, 0.29) is 17.3 Å². The summed E-state index contributed by atoms with van der Waals surface area (Å²) in [5, 5.41) is 7.76. The van der Waals surface area contributed by atoms with Gasteiger partial charge in [0.25, 0.3) is 0 Å². The third-order valence-corrected chi connectivity index (χ3v) is 5.91. The van der Waals surface area contributed by atoms with Crippen LogP contribution in [0.25, 0.3) is 10.9 Å². The van der Waals surface area contributed by atoms with Gasteiger partial charge < -0.3 is 10.2 Å². The third kappa shape index (κ3) is 4.16. The molecule has 1 aromatic heterocycles. The number of nitrogens with one attached hydrogen (secondary N) is 1. The second-order valence-corrected chi connectivity index (χ2v) is 8.08. The summed E-state index contributed by atoms with van der Waals surface area (Å²) in [5.41, 5.74) is 1.35. The van der Waals surface area contributed by atoms with Crippen molar-refractivity contribution in [2.75, 3.05) is 36.5 Å². The molecule has 2 aromatic rings. The zero-order valence-electron chi connectivity index (χ0n) is 19.0. The first-order valence-electron chi connectivity index (χ1n) is 10.9. The van der Waals surface area contributed by atoms with Gasteiger partial charge in [-0.2, -0.15) is 5.10 Å². The molecule has 1 aromatic carbocycles. The van der Waals surface area contributed by atoms with E-state index in [4.69, 9.17) is 0 Å². The van der Waals surface area contributed by atoms with Crippen molar-refractivity contribution in [2.24, 2.45) is 12.5 Å². The SMILES string of the molecule is C/C=C\CCN(C(=O)NC)c1nn(C)c2cc(N3CC4(CC(=O)C4)C3)c(F)cc12.CC. The summed E-state index contributed by atoms with van der Waals surface area (Å²) in [6, 6.07) is 2.98. The number of rotatable bonds is 5. The molecule has 2 heterocycles. The van der Waals surface area contributed by atoms with Gasteiger partial charge in [0, 0.05) is 57.4 Å². The number of aromatic nitrogens is 2. The van der Waals surface area contributed by atoms with Crippen LogP contribution in [0, 0.1) is 11.2 Å². The quantitative estimate of drug-likeness (QED) is 0.729. The van der Waals surface area contributed by atoms with Crippen LogP contribution in [0.15, 0.2) is 24.3 Å². The summed E-state index contributed by atoms with van der Waals surface area (Å²) < 4.78 is 16.7. The monoisotopic (exact) mass is 429 g/mol. The molecular weight excluding hydrogens is 397 g/mol. The molecule has 0 unspecified atom stereocenters. The number of Topliss-reactive ketones (excluding diaryl/α,β-unsaturated/α-hetero) is 1. The maximum Gasteiger partial charge on any atom is 0.322 e. The van der Waals surface area contributed by atoms with Crippen LogP contribution in [0.1, 0.15) is 40.0 Å². The fraction of sp³-hybridized carbons (Fsp3) is 0.522. The molecule has 0 radical (unpaired) electrons. The van der Waals surface area contributed by atoms with Crippen molar-refractivity contribution in [3.63, 3.8) is 0 Å². The molecule has 0 bridgehead atoms. The highest BCUT2D eigenvalue weighted by atomic mass is 19.1. The van der Waals surface area contributed by atoms with E-state index < -0.39 is 0 Å². The molecule has 31 heavy (non-hydrogen) atoms. The van der Waals surface area contributed by atoms with Crippen LogP contribution in [0.2, 0.25) is 0 Å². The molecule has 1 saturated carbocycles. The number of urea groups is 1. The van der Waals surface area contributed by atoms with Crippen molar-refractivity contribution >= 4 is 34.2 Å². The molecule has 1 aliphatic carbocycles. The Hall–Kier alpha value is -2.90. The Morgan fingerprint density at radius 3 is 2.58 bits per heavy atom. The first kappa shape index (κ1) is 22.8. The molecule has 1 aliphatic heterocycles. The minimum atomic E-state index is -0.336. The van der Waals surface area contributed by atoms with Crippen LogP contribution in [0.4, 0.5) is 20.7 Å². The molecule has 1 N–H and O–H groups in total. The largest absolute Gasteiger partial charge is 0.368 e. The number of hydrogen-bond donors (Lipinski definition) is 1. The minimum Gasteiger partial charge on any atom is -0.368 e. The highest BCUT2D eigenvalue weighted by Crippen LogP contribution is 2.48. The Morgan fingerprint density at radius 1 is 1.32 bits per heavy atom. The molecule has 168 valence electrons. The summed E-state index contributed by atoms with van der Waals surface area (Å²) in [4.78, 5) is 27.3. The molecule has 4 rings (SSSR count). The molecule has 7 nitrogen and oxygen atoms in total. The average molecular weight is 430 g/mol. The van der Waals surface area contributed by atoms with Gasteiger partial charge in [-0.1, -0.05) is 26.0 Å². The molecule has 0 atom stereocenters. The van der Waals surface area contributed by atoms with Crippen LogP contribution in [-0.4, -0.2) is 48.3 Å². The van der Waals surface area contributed by atoms with Crippen molar-refractivity contribution in [2.45, 2.75) is 40.0 Å². The van der Waals surface area contributed by atoms with Crippen LogP contribution >= 0.6 is 0 Å². The van der Waals surface area contributed by atoms with E-state index in [1.807, 2.05) is 37.8 Å². The van der Waals surface area contributed by atoms with E-state index in [1.54, 1.807) is 29.7 Å². The van der Waals surface area contributed by atoms with Crippen molar-refractivity contribution in [1.29, 1.82) is 0 Å². The van der Waals surface area contributed by atoms with E-state index in [9.17, 15) is 9.59 Å². The van der Waals surface area contributed by atoms with Gasteiger partial charge in [-0.25, -0.2) is 9.18 Å². The summed E-state index contributed by atoms with van der Waals surface area (Å²) in [6.07, 6.45) is 5.80. The number of ketones is 1. The van der Waals surface area contributed by atoms with Gasteiger partial charge >= 0.3 is 6.03 Å². The van der Waals surface area contributed by atoms with Gasteiger partial charge in [0.05, 0.1) is 11.2 Å². The van der Waals surface area contributed by atoms with Crippen molar-refractivity contribution in [3.8, 4) is 0 Å². The van der Waals surface area contributed by atoms with Crippen LogP contribution < -0.4 is 15.1 Å². The fourth-order valence-corrected chi connectivity index (χ4v) is 4.44. The standard InChI is InChI=1S/C21H26FN5O2.C2H6/c1-4-5-6-7-27(20(29)23-2)19-15-8-16(22)18(9-17(15)25(3)24-19)26-12-21(13-26)10-14(28)11-21;1-2/h4-5,8-9H,6-7,10-13H2,1-3H3,(H,23,29);1-2H3/b5-4-;. The van der Waals surface area contributed by atoms with Crippen LogP contribution in [0.3, 0.4) is 0 Å². The topological polar surface area (TPSA) is 70.5 Å². The smallest absolute Gasteiger partial charge is 0.322 e. The van der Waals surface area contributed by atoms with E-state index in [0.717, 1.165) is 5.52 Å². The molecule has 2 aliphatic rings. The Labute approximate surface area is 182 Å². The lowest BCUT2D eigenvalue weighted by atomic mass is 9.62. The van der Waals surface area contributed by atoms with Gasteiger partial charge in [-0.3, -0.25) is 14.4 Å². The summed E-state index contributed by atoms with van der Waals surface area (Å²) in [7, 11) is 3.36. The minimum absolute atomic E-state index is 0.0545. The number of carbonyl (C=O) groups is 2. The first-order valence-corrected chi connectivity index (χ1v) is 10.9. The second kappa shape index (κ2) is 9.08. The van der Waals surface area contributed by atoms with Crippen LogP contribution in [0.5, 0.6) is 0 Å². The molecule has 2 amide bonds. The maximum absolute atomic E-state index is 15.0. The first-order chi connectivity index (χ1) is 14.9. The number of fused-ring (bicyclic) bond motifs is 1. The Balaban J connectivity index is 0.00000132. The zero-order valence-corrected chi connectivity index (χ0v) is 19.0. The number of amides is 2. The van der Waals surface area contributed by atoms with Crippen molar-refractivity contribution < 1.29 is 14.0 Å². The summed E-state index contributed by atoms with van der Waals surface area (Å²) in [5.74, 6) is 0.406. The van der Waals surface area contributed by atoms with Crippen molar-refractivity contribution in [3.05, 3.63) is 30.1 Å². The highest BCUT2D eigenvalue weighted by molar-refractivity contribution is 6.01. The van der Waals surface area contributed by atoms with E-state index in [1.165, 1.54) is 6.07 Å². The number of anilines is 2. The van der Waals surface area contributed by atoms with E-state index >= 15 is 4.39 Å². The molecule has 8 heteroatoms. The predicted octanol–water partition coefficient (Wildman–Crippen LogP) is 4.02. The van der Waals surface area contributed by atoms with Gasteiger partial charge in [-0.05, 0) is 25.5 Å². The van der Waals surface area contributed by atoms with Gasteiger partial charge in [0.15, 0.2) is 5.82 Å². The number of nitrogens with zero attached hydrogens (tertiary/aromatic N) is 4. The number of allylic oxidation sites excluding steroid dienone is 1. The third-order valence-electron chi connectivity index (χ3n) is 5.91. The molecular formula is C23H32FN5O2. The van der Waals surface area contributed by atoms with Gasteiger partial charge in [0.1, 0.15) is 11.6 Å². The maximum atomic E-state index is 15.0. The predicted molar refractivity (Wildman–Crippen MR) is 122 cm³/mol. The fourth-order valence-electron chi connectivity index (χ4n) is 4.44. The lowest BCUT2D eigenvalue weighted by Crippen LogP contribution is -2.63. The zero-order chi connectivity index (χ0) is 22.8. The lowest BCUT2D eigenvalue weighted by Gasteiger charge is -2.55.